The highest BCUT2D eigenvalue weighted by Gasteiger charge is 2.57. The molecule has 1 unspecified atom stereocenters. The van der Waals surface area contributed by atoms with Gasteiger partial charge in [-0.15, -0.1) is 0 Å². The van der Waals surface area contributed by atoms with E-state index < -0.39 is 5.41 Å². The minimum atomic E-state index is -0.446. The predicted molar refractivity (Wildman–Crippen MR) is 271 cm³/mol. The first kappa shape index (κ1) is 56.0. The number of aliphatic imine (C=N–C) groups is 4. The molecule has 8 heteroatoms. The zero-order valence-corrected chi connectivity index (χ0v) is 40.7. The van der Waals surface area contributed by atoms with Crippen LogP contribution in [0.2, 0.25) is 0 Å². The lowest BCUT2D eigenvalue weighted by atomic mass is 9.72. The second-order valence-electron chi connectivity index (χ2n) is 14.0. The zero-order chi connectivity index (χ0) is 47.5. The lowest BCUT2D eigenvalue weighted by Crippen LogP contribution is -2.27. The van der Waals surface area contributed by atoms with E-state index in [2.05, 4.69) is 105 Å². The molecule has 2 aliphatic carbocycles. The van der Waals surface area contributed by atoms with Gasteiger partial charge in [0.25, 0.3) is 0 Å². The second kappa shape index (κ2) is 28.5. The van der Waals surface area contributed by atoms with Crippen LogP contribution in [0.25, 0.3) is 0 Å². The molecule has 8 nitrogen and oxygen atoms in total. The van der Waals surface area contributed by atoms with Crippen LogP contribution in [0.1, 0.15) is 132 Å². The first-order valence-corrected chi connectivity index (χ1v) is 21.8. The molecule has 0 fully saturated rings. The van der Waals surface area contributed by atoms with Gasteiger partial charge >= 0.3 is 0 Å². The summed E-state index contributed by atoms with van der Waals surface area (Å²) in [4.78, 5) is 17.5. The SMILES string of the molecule is C=C/C=C\C(=NC)Oc1cc2c(cc1OC(C=C)=N/C=C\C)C1(CC2(C)C)CC(C)(C)c2cc(OC(/C=C\C)=NC=C)c(OC(/C=C\C=C)=NC=C)cc21.CC.CC.CC.CC. The molecule has 0 radical (unpaired) electrons. The van der Waals surface area contributed by atoms with Gasteiger partial charge in [0.15, 0.2) is 23.0 Å². The van der Waals surface area contributed by atoms with Crippen LogP contribution in [0.15, 0.2) is 156 Å². The van der Waals surface area contributed by atoms with Crippen molar-refractivity contribution in [1.29, 1.82) is 0 Å². The van der Waals surface area contributed by atoms with Crippen LogP contribution < -0.4 is 18.9 Å². The van der Waals surface area contributed by atoms with Gasteiger partial charge in [-0.1, -0.05) is 152 Å². The fourth-order valence-electron chi connectivity index (χ4n) is 7.34. The number of hydrogen-bond acceptors (Lipinski definition) is 8. The summed E-state index contributed by atoms with van der Waals surface area (Å²) in [7, 11) is 1.68. The molecule has 62 heavy (non-hydrogen) atoms. The molecule has 0 amide bonds. The Labute approximate surface area is 376 Å². The number of benzene rings is 2. The topological polar surface area (TPSA) is 86.4 Å². The Bertz CT molecular complexity index is 2050. The first-order chi connectivity index (χ1) is 29.9. The summed E-state index contributed by atoms with van der Waals surface area (Å²) in [6.07, 6.45) is 23.5. The first-order valence-electron chi connectivity index (χ1n) is 21.8. The summed E-state index contributed by atoms with van der Waals surface area (Å²) in [5.41, 5.74) is 3.54. The van der Waals surface area contributed by atoms with Crippen LogP contribution >= 0.6 is 0 Å². The molecule has 0 saturated heterocycles. The lowest BCUT2D eigenvalue weighted by Gasteiger charge is -2.31. The van der Waals surface area contributed by atoms with Crippen LogP contribution in [-0.2, 0) is 16.2 Å². The molecule has 0 saturated carbocycles. The van der Waals surface area contributed by atoms with Crippen molar-refractivity contribution < 1.29 is 18.9 Å². The van der Waals surface area contributed by atoms with E-state index in [4.69, 9.17) is 18.9 Å². The van der Waals surface area contributed by atoms with Crippen molar-refractivity contribution in [2.75, 3.05) is 7.05 Å². The Morgan fingerprint density at radius 1 is 0.516 bits per heavy atom. The highest BCUT2D eigenvalue weighted by molar-refractivity contribution is 5.93. The van der Waals surface area contributed by atoms with Crippen molar-refractivity contribution in [3.05, 3.63) is 159 Å². The Morgan fingerprint density at radius 2 is 0.887 bits per heavy atom. The third-order valence-electron chi connectivity index (χ3n) is 9.24. The maximum absolute atomic E-state index is 6.53. The van der Waals surface area contributed by atoms with Gasteiger partial charge in [-0.25, -0.2) is 15.0 Å². The summed E-state index contributed by atoms with van der Waals surface area (Å²) < 4.78 is 25.9. The largest absolute Gasteiger partial charge is 0.435 e. The number of ether oxygens (including phenoxy) is 4. The van der Waals surface area contributed by atoms with Crippen molar-refractivity contribution in [2.24, 2.45) is 20.0 Å². The highest BCUT2D eigenvalue weighted by Crippen LogP contribution is 2.65. The van der Waals surface area contributed by atoms with Gasteiger partial charge in [-0.05, 0) is 96.2 Å². The summed E-state index contributed by atoms with van der Waals surface area (Å²) >= 11 is 0. The van der Waals surface area contributed by atoms with Gasteiger partial charge in [0, 0.05) is 43.2 Å². The summed E-state index contributed by atoms with van der Waals surface area (Å²) in [5.74, 6) is 3.35. The minimum absolute atomic E-state index is 0.265. The Hall–Kier alpha value is -6.02. The average Bonchev–Trinajstić information content (AvgIpc) is 3.63. The highest BCUT2D eigenvalue weighted by atomic mass is 16.5. The fourth-order valence-corrected chi connectivity index (χ4v) is 7.34. The number of fused-ring (bicyclic) bond motifs is 4. The molecule has 0 heterocycles. The van der Waals surface area contributed by atoms with Gasteiger partial charge in [0.05, 0.1) is 0 Å². The van der Waals surface area contributed by atoms with E-state index >= 15 is 0 Å². The fraction of sp³-hybridized carbons (Fsp3) is 0.370. The molecule has 0 N–H and O–H groups in total. The monoisotopic (exact) mass is 845 g/mol. The molecule has 0 aromatic heterocycles. The molecule has 2 aromatic carbocycles. The smallest absolute Gasteiger partial charge is 0.219 e. The molecule has 1 spiro atoms. The van der Waals surface area contributed by atoms with Crippen LogP contribution in [0, 0.1) is 0 Å². The molecular weight excluding hydrogens is 769 g/mol. The normalized spacial score (nSPS) is 17.3. The molecule has 0 bridgehead atoms. The second-order valence-corrected chi connectivity index (χ2v) is 14.0. The molecule has 1 atom stereocenters. The standard InChI is InChI=1S/C46H52N4O4.4C2H6/c1-13-20-23-41(47-12)52-36-26-32-34(28-38(36)51-40(17-5)50-25-16-4)46(30-44(32,8)9)31-45(10,11)33-27-37(53-42(22-15-3)48-18-6)39(29-35(33)46)54-43(49-19-7)24-21-14-2;4*1-2/h13-29H,1-2,5-7,30-31H2,3-4,8-12H3;4*1-2H3/b22-15-,23-20-,24-21-,25-16-,47-41?,48-42?,49-43?,50-40?;;;;. The van der Waals surface area contributed by atoms with Gasteiger partial charge < -0.3 is 18.9 Å². The Morgan fingerprint density at radius 3 is 1.24 bits per heavy atom. The van der Waals surface area contributed by atoms with E-state index in [0.717, 1.165) is 35.1 Å². The molecule has 2 aliphatic rings. The number of rotatable bonds is 13. The van der Waals surface area contributed by atoms with E-state index in [9.17, 15) is 0 Å². The van der Waals surface area contributed by atoms with Gasteiger partial charge in [-0.2, -0.15) is 0 Å². The van der Waals surface area contributed by atoms with E-state index in [1.165, 1.54) is 12.4 Å². The maximum atomic E-state index is 6.53. The lowest BCUT2D eigenvalue weighted by molar-refractivity contribution is 0.349. The molecule has 0 aliphatic heterocycles. The van der Waals surface area contributed by atoms with Crippen molar-refractivity contribution in [3.63, 3.8) is 0 Å². The minimum Gasteiger partial charge on any atom is -0.435 e. The van der Waals surface area contributed by atoms with Crippen LogP contribution in [0.4, 0.5) is 0 Å². The quantitative estimate of drug-likeness (QED) is 0.114. The number of allylic oxidation sites excluding steroid dienone is 6. The van der Waals surface area contributed by atoms with Gasteiger partial charge in [-0.3, -0.25) is 4.99 Å². The molecular formula is C54H76N4O4. The summed E-state index contributed by atoms with van der Waals surface area (Å²) in [6, 6.07) is 8.32. The third-order valence-corrected chi connectivity index (χ3v) is 9.24. The van der Waals surface area contributed by atoms with Crippen LogP contribution in [0.3, 0.4) is 0 Å². The van der Waals surface area contributed by atoms with Crippen molar-refractivity contribution in [3.8, 4) is 23.0 Å². The Kier molecular flexibility index (Phi) is 25.7. The van der Waals surface area contributed by atoms with Gasteiger partial charge in [0.2, 0.25) is 23.6 Å². The van der Waals surface area contributed by atoms with Gasteiger partial charge in [0.1, 0.15) is 0 Å². The molecule has 4 rings (SSSR count). The maximum Gasteiger partial charge on any atom is 0.219 e. The van der Waals surface area contributed by atoms with Crippen molar-refractivity contribution >= 4 is 23.6 Å². The van der Waals surface area contributed by atoms with Crippen molar-refractivity contribution in [2.45, 2.75) is 126 Å². The molecule has 336 valence electrons. The van der Waals surface area contributed by atoms with Crippen molar-refractivity contribution in [1.82, 2.24) is 0 Å². The number of hydrogen-bond donors (Lipinski definition) is 0. The summed E-state index contributed by atoms with van der Waals surface area (Å²) in [5, 5.41) is 0. The Balaban J connectivity index is 0.00000439. The average molecular weight is 845 g/mol. The van der Waals surface area contributed by atoms with Crippen LogP contribution in [0.5, 0.6) is 23.0 Å². The number of nitrogens with zero attached hydrogens (tertiary/aromatic N) is 4. The molecule has 2 aromatic rings. The van der Waals surface area contributed by atoms with Crippen LogP contribution in [-0.4, -0.2) is 30.6 Å². The van der Waals surface area contributed by atoms with E-state index in [0.29, 0.717) is 46.6 Å². The van der Waals surface area contributed by atoms with E-state index in [1.54, 1.807) is 61.9 Å². The summed E-state index contributed by atoms with van der Waals surface area (Å²) in [6.45, 7) is 47.9. The predicted octanol–water partition coefficient (Wildman–Crippen LogP) is 15.2. The van der Waals surface area contributed by atoms with E-state index in [1.807, 2.05) is 81.4 Å². The third kappa shape index (κ3) is 14.3. The zero-order valence-electron chi connectivity index (χ0n) is 40.7. The van der Waals surface area contributed by atoms with E-state index in [-0.39, 0.29) is 10.8 Å².